The average Bonchev–Trinajstić information content (AvgIpc) is 2.38. The standard InChI is InChI=1S/C14H19ClFNO2/c1-2-19-14(18)6-4-3-5-9-17-11-7-8-12(15)13(16)10-11/h7-8,10,17H,2-6,9H2,1H3. The Kier molecular flexibility index (Phi) is 7.26. The molecule has 0 aromatic heterocycles. The van der Waals surface area contributed by atoms with Crippen LogP contribution in [0.3, 0.4) is 0 Å². The Morgan fingerprint density at radius 3 is 2.84 bits per heavy atom. The van der Waals surface area contributed by atoms with Crippen LogP contribution in [0.1, 0.15) is 32.6 Å². The summed E-state index contributed by atoms with van der Waals surface area (Å²) in [6.45, 7) is 2.97. The maximum atomic E-state index is 13.1. The molecule has 106 valence electrons. The summed E-state index contributed by atoms with van der Waals surface area (Å²) in [7, 11) is 0. The van der Waals surface area contributed by atoms with Crippen molar-refractivity contribution in [1.29, 1.82) is 0 Å². The van der Waals surface area contributed by atoms with Crippen LogP contribution in [0.5, 0.6) is 0 Å². The highest BCUT2D eigenvalue weighted by molar-refractivity contribution is 6.30. The number of halogens is 2. The van der Waals surface area contributed by atoms with Crippen molar-refractivity contribution in [1.82, 2.24) is 0 Å². The summed E-state index contributed by atoms with van der Waals surface area (Å²) in [4.78, 5) is 11.1. The number of nitrogens with one attached hydrogen (secondary N) is 1. The SMILES string of the molecule is CCOC(=O)CCCCCNc1ccc(Cl)c(F)c1. The van der Waals surface area contributed by atoms with E-state index in [-0.39, 0.29) is 11.0 Å². The fraction of sp³-hybridized carbons (Fsp3) is 0.500. The van der Waals surface area contributed by atoms with Gasteiger partial charge in [0.15, 0.2) is 0 Å². The zero-order valence-electron chi connectivity index (χ0n) is 11.0. The van der Waals surface area contributed by atoms with Crippen LogP contribution in [0, 0.1) is 5.82 Å². The molecule has 0 aliphatic rings. The highest BCUT2D eigenvalue weighted by Crippen LogP contribution is 2.18. The van der Waals surface area contributed by atoms with Crippen molar-refractivity contribution in [3.8, 4) is 0 Å². The van der Waals surface area contributed by atoms with Crippen molar-refractivity contribution in [2.75, 3.05) is 18.5 Å². The highest BCUT2D eigenvalue weighted by atomic mass is 35.5. The molecular weight excluding hydrogens is 269 g/mol. The molecule has 0 aliphatic heterocycles. The minimum absolute atomic E-state index is 0.125. The lowest BCUT2D eigenvalue weighted by Crippen LogP contribution is -2.05. The molecule has 0 saturated heterocycles. The molecule has 1 aromatic carbocycles. The molecule has 1 N–H and O–H groups in total. The molecule has 0 aliphatic carbocycles. The molecule has 3 nitrogen and oxygen atoms in total. The van der Waals surface area contributed by atoms with Gasteiger partial charge in [-0.05, 0) is 38.0 Å². The second-order valence-electron chi connectivity index (χ2n) is 4.17. The highest BCUT2D eigenvalue weighted by Gasteiger charge is 2.02. The molecule has 0 spiro atoms. The number of unbranched alkanes of at least 4 members (excludes halogenated alkanes) is 2. The molecule has 0 unspecified atom stereocenters. The molecule has 0 amide bonds. The van der Waals surface area contributed by atoms with Gasteiger partial charge < -0.3 is 10.1 Å². The van der Waals surface area contributed by atoms with E-state index in [1.54, 1.807) is 13.0 Å². The minimum Gasteiger partial charge on any atom is -0.466 e. The first-order valence-electron chi connectivity index (χ1n) is 6.48. The third-order valence-electron chi connectivity index (χ3n) is 2.61. The van der Waals surface area contributed by atoms with Gasteiger partial charge in [0.05, 0.1) is 11.6 Å². The van der Waals surface area contributed by atoms with Crippen LogP contribution in [0.2, 0.25) is 5.02 Å². The average molecular weight is 288 g/mol. The number of carbonyl (C=O) groups is 1. The molecule has 0 saturated carbocycles. The molecule has 1 rings (SSSR count). The lowest BCUT2D eigenvalue weighted by molar-refractivity contribution is -0.143. The zero-order valence-corrected chi connectivity index (χ0v) is 11.8. The van der Waals surface area contributed by atoms with E-state index in [2.05, 4.69) is 5.32 Å². The van der Waals surface area contributed by atoms with E-state index in [1.165, 1.54) is 12.1 Å². The Bertz CT molecular complexity index is 412. The van der Waals surface area contributed by atoms with Crippen LogP contribution in [-0.4, -0.2) is 19.1 Å². The topological polar surface area (TPSA) is 38.3 Å². The van der Waals surface area contributed by atoms with E-state index < -0.39 is 5.82 Å². The van der Waals surface area contributed by atoms with Crippen molar-refractivity contribution >= 4 is 23.3 Å². The molecule has 1 aromatic rings. The Labute approximate surface area is 118 Å². The lowest BCUT2D eigenvalue weighted by Gasteiger charge is -2.07. The molecule has 0 radical (unpaired) electrons. The third-order valence-corrected chi connectivity index (χ3v) is 2.92. The number of rotatable bonds is 8. The number of esters is 1. The predicted octanol–water partition coefficient (Wildman–Crippen LogP) is 4.01. The van der Waals surface area contributed by atoms with Gasteiger partial charge in [-0.15, -0.1) is 0 Å². The Hall–Kier alpha value is -1.29. The van der Waals surface area contributed by atoms with Crippen LogP contribution in [0.15, 0.2) is 18.2 Å². The van der Waals surface area contributed by atoms with Gasteiger partial charge in [0.25, 0.3) is 0 Å². The molecule has 0 fully saturated rings. The molecule has 0 bridgehead atoms. The van der Waals surface area contributed by atoms with Gasteiger partial charge in [0.1, 0.15) is 5.82 Å². The smallest absolute Gasteiger partial charge is 0.305 e. The van der Waals surface area contributed by atoms with Crippen LogP contribution < -0.4 is 5.32 Å². The zero-order chi connectivity index (χ0) is 14.1. The maximum absolute atomic E-state index is 13.1. The molecular formula is C14H19ClFNO2. The van der Waals surface area contributed by atoms with Crippen molar-refractivity contribution in [2.24, 2.45) is 0 Å². The largest absolute Gasteiger partial charge is 0.466 e. The van der Waals surface area contributed by atoms with E-state index >= 15 is 0 Å². The normalized spacial score (nSPS) is 10.3. The fourth-order valence-electron chi connectivity index (χ4n) is 1.64. The number of hydrogen-bond donors (Lipinski definition) is 1. The van der Waals surface area contributed by atoms with Crippen LogP contribution in [-0.2, 0) is 9.53 Å². The molecule has 0 heterocycles. The Balaban J connectivity index is 2.10. The number of anilines is 1. The predicted molar refractivity (Wildman–Crippen MR) is 75.0 cm³/mol. The summed E-state index contributed by atoms with van der Waals surface area (Å²) in [5, 5.41) is 3.24. The van der Waals surface area contributed by atoms with Crippen LogP contribution in [0.4, 0.5) is 10.1 Å². The van der Waals surface area contributed by atoms with Crippen LogP contribution >= 0.6 is 11.6 Å². The van der Waals surface area contributed by atoms with E-state index in [0.29, 0.717) is 18.7 Å². The summed E-state index contributed by atoms with van der Waals surface area (Å²) >= 11 is 5.59. The minimum atomic E-state index is -0.422. The lowest BCUT2D eigenvalue weighted by atomic mass is 10.2. The summed E-state index contributed by atoms with van der Waals surface area (Å²) in [6.07, 6.45) is 3.13. The quantitative estimate of drug-likeness (QED) is 0.580. The van der Waals surface area contributed by atoms with Gasteiger partial charge in [0, 0.05) is 18.7 Å². The van der Waals surface area contributed by atoms with Gasteiger partial charge in [-0.2, -0.15) is 0 Å². The second-order valence-corrected chi connectivity index (χ2v) is 4.58. The first-order chi connectivity index (χ1) is 9.13. The number of ether oxygens (including phenoxy) is 1. The van der Waals surface area contributed by atoms with Gasteiger partial charge in [-0.3, -0.25) is 4.79 Å². The van der Waals surface area contributed by atoms with Crippen LogP contribution in [0.25, 0.3) is 0 Å². The van der Waals surface area contributed by atoms with Crippen molar-refractivity contribution in [3.63, 3.8) is 0 Å². The number of benzene rings is 1. The first kappa shape index (κ1) is 15.8. The summed E-state index contributed by atoms with van der Waals surface area (Å²) < 4.78 is 18.0. The third kappa shape index (κ3) is 6.43. The Morgan fingerprint density at radius 2 is 2.16 bits per heavy atom. The van der Waals surface area contributed by atoms with Crippen molar-refractivity contribution in [3.05, 3.63) is 29.0 Å². The summed E-state index contributed by atoms with van der Waals surface area (Å²) in [6, 6.07) is 4.64. The number of carbonyl (C=O) groups excluding carboxylic acids is 1. The molecule has 19 heavy (non-hydrogen) atoms. The van der Waals surface area contributed by atoms with E-state index in [9.17, 15) is 9.18 Å². The molecule has 5 heteroatoms. The number of hydrogen-bond acceptors (Lipinski definition) is 3. The Morgan fingerprint density at radius 1 is 1.37 bits per heavy atom. The maximum Gasteiger partial charge on any atom is 0.305 e. The summed E-state index contributed by atoms with van der Waals surface area (Å²) in [5.74, 6) is -0.566. The van der Waals surface area contributed by atoms with E-state index in [1.807, 2.05) is 0 Å². The second kappa shape index (κ2) is 8.75. The first-order valence-corrected chi connectivity index (χ1v) is 6.86. The van der Waals surface area contributed by atoms with Gasteiger partial charge in [-0.1, -0.05) is 18.0 Å². The summed E-state index contributed by atoms with van der Waals surface area (Å²) in [5.41, 5.74) is 0.715. The van der Waals surface area contributed by atoms with E-state index in [0.717, 1.165) is 25.8 Å². The van der Waals surface area contributed by atoms with Gasteiger partial charge in [0.2, 0.25) is 0 Å². The van der Waals surface area contributed by atoms with Crippen molar-refractivity contribution < 1.29 is 13.9 Å². The van der Waals surface area contributed by atoms with Gasteiger partial charge >= 0.3 is 5.97 Å². The monoisotopic (exact) mass is 287 g/mol. The molecule has 0 atom stereocenters. The van der Waals surface area contributed by atoms with Gasteiger partial charge in [-0.25, -0.2) is 4.39 Å². The van der Waals surface area contributed by atoms with E-state index in [4.69, 9.17) is 16.3 Å². The fourth-order valence-corrected chi connectivity index (χ4v) is 1.76. The van der Waals surface area contributed by atoms with Crippen molar-refractivity contribution in [2.45, 2.75) is 32.6 Å².